The Balaban J connectivity index is 2.09. The highest BCUT2D eigenvalue weighted by Crippen LogP contribution is 2.32. The molecule has 1 fully saturated rings. The SMILES string of the molecule is CCNCC(OC1CCCCC1C)c1ccccc1Cl. The van der Waals surface area contributed by atoms with Crippen LogP contribution in [0.2, 0.25) is 5.02 Å². The Hall–Kier alpha value is -0.570. The van der Waals surface area contributed by atoms with Gasteiger partial charge in [0.1, 0.15) is 0 Å². The van der Waals surface area contributed by atoms with Crippen molar-refractivity contribution in [2.24, 2.45) is 5.92 Å². The van der Waals surface area contributed by atoms with Crippen LogP contribution < -0.4 is 5.32 Å². The van der Waals surface area contributed by atoms with Crippen LogP contribution in [0.3, 0.4) is 0 Å². The first-order valence-corrected chi connectivity index (χ1v) is 8.20. The molecule has 0 aliphatic heterocycles. The monoisotopic (exact) mass is 295 g/mol. The van der Waals surface area contributed by atoms with E-state index in [0.717, 1.165) is 23.7 Å². The maximum Gasteiger partial charge on any atom is 0.0967 e. The number of likely N-dealkylation sites (N-methyl/N-ethyl adjacent to an activating group) is 1. The third-order valence-corrected chi connectivity index (χ3v) is 4.55. The molecule has 1 saturated carbocycles. The molecule has 1 aliphatic carbocycles. The first-order chi connectivity index (χ1) is 9.72. The molecule has 0 aromatic heterocycles. The fourth-order valence-electron chi connectivity index (χ4n) is 2.94. The number of hydrogen-bond donors (Lipinski definition) is 1. The van der Waals surface area contributed by atoms with E-state index < -0.39 is 0 Å². The fourth-order valence-corrected chi connectivity index (χ4v) is 3.20. The summed E-state index contributed by atoms with van der Waals surface area (Å²) in [6.45, 7) is 6.20. The van der Waals surface area contributed by atoms with Gasteiger partial charge in [0.15, 0.2) is 0 Å². The lowest BCUT2D eigenvalue weighted by Gasteiger charge is -2.33. The molecule has 1 N–H and O–H groups in total. The molecule has 20 heavy (non-hydrogen) atoms. The minimum absolute atomic E-state index is 0.0502. The van der Waals surface area contributed by atoms with Crippen molar-refractivity contribution in [2.45, 2.75) is 51.7 Å². The molecule has 0 saturated heterocycles. The minimum Gasteiger partial charge on any atom is -0.369 e. The second kappa shape index (κ2) is 8.02. The van der Waals surface area contributed by atoms with E-state index in [4.69, 9.17) is 16.3 Å². The van der Waals surface area contributed by atoms with Crippen molar-refractivity contribution in [3.8, 4) is 0 Å². The van der Waals surface area contributed by atoms with Crippen LogP contribution in [0.25, 0.3) is 0 Å². The van der Waals surface area contributed by atoms with E-state index >= 15 is 0 Å². The van der Waals surface area contributed by atoms with Crippen LogP contribution in [0.4, 0.5) is 0 Å². The van der Waals surface area contributed by atoms with Crippen LogP contribution in [-0.2, 0) is 4.74 Å². The average Bonchev–Trinajstić information content (AvgIpc) is 2.46. The topological polar surface area (TPSA) is 21.3 Å². The normalized spacial score (nSPS) is 24.6. The van der Waals surface area contributed by atoms with Crippen molar-refractivity contribution in [1.29, 1.82) is 0 Å². The van der Waals surface area contributed by atoms with E-state index in [0.29, 0.717) is 12.0 Å². The van der Waals surface area contributed by atoms with Crippen LogP contribution in [-0.4, -0.2) is 19.2 Å². The number of nitrogens with one attached hydrogen (secondary N) is 1. The molecule has 0 amide bonds. The van der Waals surface area contributed by atoms with Crippen molar-refractivity contribution >= 4 is 11.6 Å². The fraction of sp³-hybridized carbons (Fsp3) is 0.647. The summed E-state index contributed by atoms with van der Waals surface area (Å²) in [7, 11) is 0. The zero-order valence-corrected chi connectivity index (χ0v) is 13.3. The van der Waals surface area contributed by atoms with Gasteiger partial charge in [-0.2, -0.15) is 0 Å². The number of ether oxygens (including phenoxy) is 1. The van der Waals surface area contributed by atoms with Crippen molar-refractivity contribution in [1.82, 2.24) is 5.32 Å². The summed E-state index contributed by atoms with van der Waals surface area (Å²) in [4.78, 5) is 0. The van der Waals surface area contributed by atoms with Gasteiger partial charge in [0, 0.05) is 17.1 Å². The molecular formula is C17H26ClNO. The standard InChI is InChI=1S/C17H26ClNO/c1-3-19-12-17(14-9-5-6-10-15(14)18)20-16-11-7-4-8-13(16)2/h5-6,9-10,13,16-17,19H,3-4,7-8,11-12H2,1-2H3. The summed E-state index contributed by atoms with van der Waals surface area (Å²) in [6, 6.07) is 8.04. The molecule has 0 radical (unpaired) electrons. The Bertz CT molecular complexity index is 410. The third kappa shape index (κ3) is 4.21. The van der Waals surface area contributed by atoms with Gasteiger partial charge >= 0.3 is 0 Å². The van der Waals surface area contributed by atoms with Crippen LogP contribution in [0, 0.1) is 5.92 Å². The van der Waals surface area contributed by atoms with Crippen LogP contribution in [0.5, 0.6) is 0 Å². The van der Waals surface area contributed by atoms with Crippen molar-refractivity contribution in [2.75, 3.05) is 13.1 Å². The molecule has 2 nitrogen and oxygen atoms in total. The first kappa shape index (κ1) is 15.8. The quantitative estimate of drug-likeness (QED) is 0.829. The summed E-state index contributed by atoms with van der Waals surface area (Å²) >= 11 is 6.34. The van der Waals surface area contributed by atoms with Gasteiger partial charge in [-0.25, -0.2) is 0 Å². The number of halogens is 1. The Labute approximate surface area is 127 Å². The van der Waals surface area contributed by atoms with Gasteiger partial charge in [-0.05, 0) is 31.4 Å². The molecule has 1 aromatic carbocycles. The van der Waals surface area contributed by atoms with Gasteiger partial charge in [-0.1, -0.05) is 56.5 Å². The smallest absolute Gasteiger partial charge is 0.0967 e. The zero-order valence-electron chi connectivity index (χ0n) is 12.6. The van der Waals surface area contributed by atoms with Gasteiger partial charge < -0.3 is 10.1 Å². The van der Waals surface area contributed by atoms with Gasteiger partial charge in [0.2, 0.25) is 0 Å². The lowest BCUT2D eigenvalue weighted by atomic mass is 9.87. The number of rotatable bonds is 6. The molecule has 3 unspecified atom stereocenters. The van der Waals surface area contributed by atoms with Gasteiger partial charge in [0.05, 0.1) is 12.2 Å². The lowest BCUT2D eigenvalue weighted by molar-refractivity contribution is -0.0562. The first-order valence-electron chi connectivity index (χ1n) is 7.83. The van der Waals surface area contributed by atoms with E-state index in [2.05, 4.69) is 25.2 Å². The highest BCUT2D eigenvalue weighted by Gasteiger charge is 2.26. The minimum atomic E-state index is 0.0502. The van der Waals surface area contributed by atoms with Gasteiger partial charge in [-0.15, -0.1) is 0 Å². The predicted molar refractivity (Wildman–Crippen MR) is 85.2 cm³/mol. The molecular weight excluding hydrogens is 270 g/mol. The molecule has 1 aromatic rings. The maximum absolute atomic E-state index is 6.43. The van der Waals surface area contributed by atoms with Crippen LogP contribution >= 0.6 is 11.6 Å². The van der Waals surface area contributed by atoms with Gasteiger partial charge in [0.25, 0.3) is 0 Å². The Kier molecular flexibility index (Phi) is 6.34. The van der Waals surface area contributed by atoms with Crippen LogP contribution in [0.15, 0.2) is 24.3 Å². The second-order valence-corrected chi connectivity index (χ2v) is 6.16. The van der Waals surface area contributed by atoms with Crippen LogP contribution in [0.1, 0.15) is 51.2 Å². The Morgan fingerprint density at radius 2 is 2.05 bits per heavy atom. The largest absolute Gasteiger partial charge is 0.369 e. The molecule has 0 heterocycles. The van der Waals surface area contributed by atoms with E-state index in [9.17, 15) is 0 Å². The molecule has 3 atom stereocenters. The average molecular weight is 296 g/mol. The molecule has 1 aliphatic rings. The molecule has 2 rings (SSSR count). The summed E-state index contributed by atoms with van der Waals surface area (Å²) < 4.78 is 6.43. The highest BCUT2D eigenvalue weighted by atomic mass is 35.5. The number of benzene rings is 1. The van der Waals surface area contributed by atoms with Crippen molar-refractivity contribution < 1.29 is 4.74 Å². The second-order valence-electron chi connectivity index (χ2n) is 5.75. The number of hydrogen-bond acceptors (Lipinski definition) is 2. The zero-order chi connectivity index (χ0) is 14.4. The lowest BCUT2D eigenvalue weighted by Crippen LogP contribution is -2.31. The summed E-state index contributed by atoms with van der Waals surface area (Å²) in [5, 5.41) is 4.20. The predicted octanol–water partition coefficient (Wildman–Crippen LogP) is 4.59. The van der Waals surface area contributed by atoms with E-state index in [1.807, 2.05) is 18.2 Å². The summed E-state index contributed by atoms with van der Waals surface area (Å²) in [5.41, 5.74) is 1.10. The maximum atomic E-state index is 6.43. The van der Waals surface area contributed by atoms with E-state index in [1.165, 1.54) is 25.7 Å². The Morgan fingerprint density at radius 1 is 1.30 bits per heavy atom. The van der Waals surface area contributed by atoms with E-state index in [-0.39, 0.29) is 6.10 Å². The molecule has 112 valence electrons. The van der Waals surface area contributed by atoms with Gasteiger partial charge in [-0.3, -0.25) is 0 Å². The molecule has 3 heteroatoms. The highest BCUT2D eigenvalue weighted by molar-refractivity contribution is 6.31. The third-order valence-electron chi connectivity index (χ3n) is 4.20. The van der Waals surface area contributed by atoms with Crippen molar-refractivity contribution in [3.05, 3.63) is 34.9 Å². The molecule has 0 bridgehead atoms. The Morgan fingerprint density at radius 3 is 2.75 bits per heavy atom. The summed E-state index contributed by atoms with van der Waals surface area (Å²) in [6.07, 6.45) is 5.49. The van der Waals surface area contributed by atoms with Crippen molar-refractivity contribution in [3.63, 3.8) is 0 Å². The molecule has 0 spiro atoms. The summed E-state index contributed by atoms with van der Waals surface area (Å²) in [5.74, 6) is 0.648. The van der Waals surface area contributed by atoms with E-state index in [1.54, 1.807) is 0 Å².